The average molecular weight is 531 g/mol. The normalized spacial score (nSPS) is 12.3. The van der Waals surface area contributed by atoms with E-state index in [2.05, 4.69) is 34.6 Å². The molecule has 0 aromatic heterocycles. The summed E-state index contributed by atoms with van der Waals surface area (Å²) in [5, 5.41) is 0. The van der Waals surface area contributed by atoms with Gasteiger partial charge in [-0.25, -0.2) is 0 Å². The first-order chi connectivity index (χ1) is 16.8. The minimum absolute atomic E-state index is 0.0542. The van der Waals surface area contributed by atoms with Crippen molar-refractivity contribution < 1.29 is 13.0 Å². The summed E-state index contributed by atoms with van der Waals surface area (Å²) in [5.74, 6) is 0. The third-order valence-corrected chi connectivity index (χ3v) is 13.9. The van der Waals surface area contributed by atoms with Crippen LogP contribution in [0.15, 0.2) is 29.2 Å². The van der Waals surface area contributed by atoms with Crippen LogP contribution < -0.4 is 0 Å². The molecular formula is C30H59O3PS. The van der Waals surface area contributed by atoms with Gasteiger partial charge in [-0.05, 0) is 24.5 Å². The molecule has 0 atom stereocenters. The van der Waals surface area contributed by atoms with Crippen LogP contribution in [0.25, 0.3) is 0 Å². The molecule has 1 N–H and O–H groups in total. The van der Waals surface area contributed by atoms with Gasteiger partial charge in [-0.1, -0.05) is 57.2 Å². The maximum absolute atomic E-state index is 11.2. The van der Waals surface area contributed by atoms with Crippen molar-refractivity contribution >= 4 is 17.4 Å². The zero-order chi connectivity index (χ0) is 26.4. The summed E-state index contributed by atoms with van der Waals surface area (Å²) in [4.78, 5) is 0.0542. The van der Waals surface area contributed by atoms with Crippen LogP contribution in [-0.2, 0) is 16.5 Å². The summed E-state index contributed by atoms with van der Waals surface area (Å²) in [6.07, 6.45) is 25.9. The van der Waals surface area contributed by atoms with Gasteiger partial charge in [0.15, 0.2) is 0 Å². The molecule has 1 rings (SSSR count). The second-order valence-electron chi connectivity index (χ2n) is 10.5. The Morgan fingerprint density at radius 2 is 1.00 bits per heavy atom. The minimum atomic E-state index is -4.08. The van der Waals surface area contributed by atoms with E-state index in [0.29, 0.717) is 6.42 Å². The Balaban J connectivity index is 0.000000662. The monoisotopic (exact) mass is 530 g/mol. The zero-order valence-corrected chi connectivity index (χ0v) is 25.7. The topological polar surface area (TPSA) is 54.4 Å². The van der Waals surface area contributed by atoms with Crippen LogP contribution in [0.5, 0.6) is 0 Å². The van der Waals surface area contributed by atoms with Crippen molar-refractivity contribution in [3.05, 3.63) is 29.8 Å². The van der Waals surface area contributed by atoms with Gasteiger partial charge in [0.25, 0.3) is 10.1 Å². The van der Waals surface area contributed by atoms with Gasteiger partial charge in [-0.2, -0.15) is 8.42 Å². The molecule has 3 nitrogen and oxygen atoms in total. The summed E-state index contributed by atoms with van der Waals surface area (Å²) in [7, 11) is -4.96. The molecule has 0 fully saturated rings. The number of aryl methyl sites for hydroxylation is 1. The molecule has 0 saturated heterocycles. The Kier molecular flexibility index (Phi) is 21.4. The van der Waals surface area contributed by atoms with Crippen LogP contribution in [0, 0.1) is 0 Å². The maximum atomic E-state index is 11.2. The first-order valence-corrected chi connectivity index (χ1v) is 19.1. The Hall–Kier alpha value is -0.440. The number of benzene rings is 1. The van der Waals surface area contributed by atoms with E-state index in [4.69, 9.17) is 4.55 Å². The van der Waals surface area contributed by atoms with Crippen molar-refractivity contribution in [3.8, 4) is 0 Å². The number of hydrogen-bond donors (Lipinski definition) is 1. The fraction of sp³-hybridized carbons (Fsp3) is 0.800. The molecule has 0 aliphatic heterocycles. The van der Waals surface area contributed by atoms with E-state index in [0.717, 1.165) is 18.4 Å². The Morgan fingerprint density at radius 1 is 0.600 bits per heavy atom. The van der Waals surface area contributed by atoms with Gasteiger partial charge in [0.2, 0.25) is 0 Å². The number of rotatable bonds is 20. The van der Waals surface area contributed by atoms with Gasteiger partial charge in [-0.15, -0.1) is 0 Å². The molecule has 1 aromatic carbocycles. The molecular weight excluding hydrogens is 471 g/mol. The Bertz CT molecular complexity index is 681. The predicted molar refractivity (Wildman–Crippen MR) is 161 cm³/mol. The van der Waals surface area contributed by atoms with Gasteiger partial charge in [0.05, 0.1) is 4.90 Å². The average Bonchev–Trinajstić information content (AvgIpc) is 2.85. The zero-order valence-electron chi connectivity index (χ0n) is 23.9. The van der Waals surface area contributed by atoms with Gasteiger partial charge in [-0.3, -0.25) is 4.55 Å². The molecule has 0 aliphatic rings. The summed E-state index contributed by atoms with van der Waals surface area (Å²) < 4.78 is 31.5. The summed E-state index contributed by atoms with van der Waals surface area (Å²) in [5.41, 5.74) is 0.718. The molecule has 0 spiro atoms. The van der Waals surface area contributed by atoms with Crippen molar-refractivity contribution in [2.24, 2.45) is 0 Å². The van der Waals surface area contributed by atoms with Crippen LogP contribution in [-0.4, -0.2) is 37.6 Å². The molecule has 0 saturated carbocycles. The summed E-state index contributed by atoms with van der Waals surface area (Å²) >= 11 is 0. The molecule has 0 amide bonds. The molecule has 1 aromatic rings. The van der Waals surface area contributed by atoms with Crippen molar-refractivity contribution in [1.82, 2.24) is 0 Å². The molecule has 208 valence electrons. The molecule has 0 unspecified atom stereocenters. The molecule has 0 radical (unpaired) electrons. The SMILES string of the molecule is CCCCCCCCc1ccccc1S(=O)(=O)O.CCCC[PH](CCCC)(CCCC)CCCC. The fourth-order valence-corrected chi connectivity index (χ4v) is 11.7. The quantitative estimate of drug-likeness (QED) is 0.104. The molecule has 0 aliphatic carbocycles. The van der Waals surface area contributed by atoms with Crippen molar-refractivity contribution in [2.75, 3.05) is 24.6 Å². The van der Waals surface area contributed by atoms with Crippen LogP contribution >= 0.6 is 7.26 Å². The Morgan fingerprint density at radius 3 is 1.43 bits per heavy atom. The molecule has 5 heteroatoms. The number of hydrogen-bond acceptors (Lipinski definition) is 2. The number of unbranched alkanes of at least 4 members (excludes halogenated alkanes) is 9. The van der Waals surface area contributed by atoms with Crippen molar-refractivity contribution in [2.45, 2.75) is 136 Å². The van der Waals surface area contributed by atoms with E-state index in [1.54, 1.807) is 42.8 Å². The van der Waals surface area contributed by atoms with Gasteiger partial charge in [0.1, 0.15) is 0 Å². The third-order valence-electron chi connectivity index (χ3n) is 7.29. The van der Waals surface area contributed by atoms with Gasteiger partial charge >= 0.3 is 111 Å². The first kappa shape index (κ1) is 34.6. The second kappa shape index (κ2) is 21.6. The van der Waals surface area contributed by atoms with E-state index < -0.39 is 17.4 Å². The van der Waals surface area contributed by atoms with Crippen molar-refractivity contribution in [1.29, 1.82) is 0 Å². The van der Waals surface area contributed by atoms with Gasteiger partial charge in [0, 0.05) is 0 Å². The molecule has 0 bridgehead atoms. The van der Waals surface area contributed by atoms with E-state index >= 15 is 0 Å². The third kappa shape index (κ3) is 16.8. The van der Waals surface area contributed by atoms with E-state index in [1.807, 2.05) is 0 Å². The van der Waals surface area contributed by atoms with E-state index in [9.17, 15) is 8.42 Å². The summed E-state index contributed by atoms with van der Waals surface area (Å²) in [6, 6.07) is 6.67. The van der Waals surface area contributed by atoms with E-state index in [-0.39, 0.29) is 4.90 Å². The van der Waals surface area contributed by atoms with Crippen LogP contribution in [0.2, 0.25) is 0 Å². The molecule has 35 heavy (non-hydrogen) atoms. The predicted octanol–water partition coefficient (Wildman–Crippen LogP) is 9.77. The second-order valence-corrected chi connectivity index (χ2v) is 16.9. The van der Waals surface area contributed by atoms with Crippen LogP contribution in [0.3, 0.4) is 0 Å². The Labute approximate surface area is 220 Å². The summed E-state index contributed by atoms with van der Waals surface area (Å²) in [6.45, 7) is 11.6. The fourth-order valence-electron chi connectivity index (χ4n) is 5.01. The standard InChI is InChI=1S/C16H37P.C14H22O3S/c1-5-9-13-17(14-10-6-2,15-11-7-3)16-12-8-4;1-2-3-4-5-6-7-10-13-11-8-9-12-14(13)18(15,16)17/h17H,5-16H2,1-4H3;8-9,11-12H,2-7,10H2,1H3,(H,15,16,17). The van der Waals surface area contributed by atoms with E-state index in [1.165, 1.54) is 83.1 Å². The first-order valence-electron chi connectivity index (χ1n) is 14.9. The van der Waals surface area contributed by atoms with Crippen molar-refractivity contribution in [3.63, 3.8) is 0 Å². The van der Waals surface area contributed by atoms with Crippen LogP contribution in [0.1, 0.15) is 130 Å². The van der Waals surface area contributed by atoms with Gasteiger partial charge < -0.3 is 0 Å². The van der Waals surface area contributed by atoms with Crippen LogP contribution in [0.4, 0.5) is 0 Å². The molecule has 0 heterocycles.